The summed E-state index contributed by atoms with van der Waals surface area (Å²) in [6.07, 6.45) is -1.43. The lowest BCUT2D eigenvalue weighted by atomic mass is 10.1. The van der Waals surface area contributed by atoms with Gasteiger partial charge in [-0.05, 0) is 30.7 Å². The molecule has 4 nitrogen and oxygen atoms in total. The van der Waals surface area contributed by atoms with Crippen molar-refractivity contribution in [1.29, 1.82) is 0 Å². The molecule has 2 aromatic heterocycles. The first-order valence-electron chi connectivity index (χ1n) is 6.02. The molecule has 0 spiro atoms. The van der Waals surface area contributed by atoms with Gasteiger partial charge in [0.25, 0.3) is 5.91 Å². The molecule has 3 rings (SSSR count). The monoisotopic (exact) mass is 313 g/mol. The maximum absolute atomic E-state index is 13.0. The second-order valence-electron chi connectivity index (χ2n) is 4.79. The van der Waals surface area contributed by atoms with Crippen LogP contribution in [-0.4, -0.2) is 22.7 Å². The number of nitrogens with one attached hydrogen (secondary N) is 2. The molecule has 2 aromatic rings. The number of halogens is 3. The first-order valence-corrected chi connectivity index (χ1v) is 6.83. The molecule has 0 bridgehead atoms. The SMILES string of the molecule is CC1(C(F)(F)F)NC(=O)c2sc(-c3ccncc3)cc2N1. The summed E-state index contributed by atoms with van der Waals surface area (Å²) < 4.78 is 39.1. The summed E-state index contributed by atoms with van der Waals surface area (Å²) in [6.45, 7) is 0.900. The zero-order chi connectivity index (χ0) is 15.3. The number of rotatable bonds is 1. The molecule has 1 aliphatic heterocycles. The highest BCUT2D eigenvalue weighted by atomic mass is 32.1. The zero-order valence-corrected chi connectivity index (χ0v) is 11.6. The number of amides is 1. The number of alkyl halides is 3. The Kier molecular flexibility index (Phi) is 2.94. The van der Waals surface area contributed by atoms with Crippen LogP contribution in [-0.2, 0) is 0 Å². The van der Waals surface area contributed by atoms with E-state index in [9.17, 15) is 18.0 Å². The number of hydrogen-bond donors (Lipinski definition) is 2. The first kappa shape index (κ1) is 13.9. The Bertz CT molecular complexity index is 698. The number of thiophene rings is 1. The summed E-state index contributed by atoms with van der Waals surface area (Å²) in [6, 6.07) is 5.02. The summed E-state index contributed by atoms with van der Waals surface area (Å²) in [5.41, 5.74) is -1.48. The lowest BCUT2D eigenvalue weighted by Crippen LogP contribution is -2.63. The van der Waals surface area contributed by atoms with Crippen molar-refractivity contribution in [2.24, 2.45) is 0 Å². The van der Waals surface area contributed by atoms with Crippen LogP contribution >= 0.6 is 11.3 Å². The van der Waals surface area contributed by atoms with E-state index in [2.05, 4.69) is 10.3 Å². The third kappa shape index (κ3) is 2.25. The van der Waals surface area contributed by atoms with Crippen molar-refractivity contribution in [3.63, 3.8) is 0 Å². The van der Waals surface area contributed by atoms with Gasteiger partial charge in [0, 0.05) is 17.3 Å². The molecule has 0 fully saturated rings. The summed E-state index contributed by atoms with van der Waals surface area (Å²) >= 11 is 1.14. The van der Waals surface area contributed by atoms with E-state index >= 15 is 0 Å². The van der Waals surface area contributed by atoms with E-state index in [1.54, 1.807) is 30.6 Å². The van der Waals surface area contributed by atoms with Gasteiger partial charge in [0.2, 0.25) is 5.66 Å². The average molecular weight is 313 g/mol. The number of pyridine rings is 1. The summed E-state index contributed by atoms with van der Waals surface area (Å²) in [5, 5.41) is 4.35. The molecule has 21 heavy (non-hydrogen) atoms. The van der Waals surface area contributed by atoms with Gasteiger partial charge < -0.3 is 10.6 Å². The van der Waals surface area contributed by atoms with Crippen molar-refractivity contribution in [2.75, 3.05) is 5.32 Å². The van der Waals surface area contributed by atoms with Crippen LogP contribution in [0.25, 0.3) is 10.4 Å². The molecule has 0 aliphatic carbocycles. The van der Waals surface area contributed by atoms with Gasteiger partial charge in [0.1, 0.15) is 4.88 Å². The van der Waals surface area contributed by atoms with Crippen LogP contribution in [0.15, 0.2) is 30.6 Å². The number of hydrogen-bond acceptors (Lipinski definition) is 4. The molecular weight excluding hydrogens is 303 g/mol. The molecule has 3 heterocycles. The average Bonchev–Trinajstić information content (AvgIpc) is 2.82. The van der Waals surface area contributed by atoms with Crippen molar-refractivity contribution in [3.05, 3.63) is 35.5 Å². The van der Waals surface area contributed by atoms with Gasteiger partial charge in [0.15, 0.2) is 0 Å². The van der Waals surface area contributed by atoms with Gasteiger partial charge in [-0.25, -0.2) is 0 Å². The van der Waals surface area contributed by atoms with Crippen molar-refractivity contribution in [1.82, 2.24) is 10.3 Å². The molecule has 0 saturated heterocycles. The van der Waals surface area contributed by atoms with E-state index in [-0.39, 0.29) is 10.6 Å². The predicted octanol–water partition coefficient (Wildman–Crippen LogP) is 3.24. The molecule has 0 radical (unpaired) electrons. The third-order valence-corrected chi connectivity index (χ3v) is 4.40. The number of nitrogens with zero attached hydrogens (tertiary/aromatic N) is 1. The molecule has 8 heteroatoms. The Labute approximate surface area is 122 Å². The highest BCUT2D eigenvalue weighted by Gasteiger charge is 2.55. The quantitative estimate of drug-likeness (QED) is 0.850. The van der Waals surface area contributed by atoms with Crippen LogP contribution in [0.1, 0.15) is 16.6 Å². The Balaban J connectivity index is 2.03. The lowest BCUT2D eigenvalue weighted by Gasteiger charge is -2.37. The molecule has 1 unspecified atom stereocenters. The molecule has 1 atom stereocenters. The van der Waals surface area contributed by atoms with Gasteiger partial charge in [0.05, 0.1) is 5.69 Å². The van der Waals surface area contributed by atoms with Crippen molar-refractivity contribution < 1.29 is 18.0 Å². The van der Waals surface area contributed by atoms with E-state index in [4.69, 9.17) is 0 Å². The molecule has 110 valence electrons. The van der Waals surface area contributed by atoms with Gasteiger partial charge in [-0.3, -0.25) is 9.78 Å². The topological polar surface area (TPSA) is 54.0 Å². The maximum Gasteiger partial charge on any atom is 0.429 e. The van der Waals surface area contributed by atoms with Crippen LogP contribution in [0.3, 0.4) is 0 Å². The van der Waals surface area contributed by atoms with E-state index in [0.717, 1.165) is 23.8 Å². The minimum absolute atomic E-state index is 0.190. The van der Waals surface area contributed by atoms with Gasteiger partial charge in [-0.15, -0.1) is 11.3 Å². The Morgan fingerprint density at radius 3 is 2.52 bits per heavy atom. The van der Waals surface area contributed by atoms with Crippen LogP contribution in [0.5, 0.6) is 0 Å². The molecular formula is C13H10F3N3OS. The number of anilines is 1. The summed E-state index contributed by atoms with van der Waals surface area (Å²) in [4.78, 5) is 16.8. The van der Waals surface area contributed by atoms with Gasteiger partial charge >= 0.3 is 6.18 Å². The van der Waals surface area contributed by atoms with E-state index in [1.165, 1.54) is 0 Å². The second kappa shape index (κ2) is 4.45. The molecule has 1 aliphatic rings. The number of carbonyl (C=O) groups is 1. The van der Waals surface area contributed by atoms with Crippen molar-refractivity contribution in [3.8, 4) is 10.4 Å². The van der Waals surface area contributed by atoms with Gasteiger partial charge in [-0.1, -0.05) is 0 Å². The van der Waals surface area contributed by atoms with E-state index in [1.807, 2.05) is 5.32 Å². The first-order chi connectivity index (χ1) is 9.80. The molecule has 1 amide bonds. The number of aromatic nitrogens is 1. The standard InChI is InChI=1S/C13H10F3N3OS/c1-12(13(14,15)16)18-8-6-9(7-2-4-17-5-3-7)21-10(8)11(20)19-12/h2-6,18H,1H3,(H,19,20). The second-order valence-corrected chi connectivity index (χ2v) is 5.84. The van der Waals surface area contributed by atoms with Gasteiger partial charge in [-0.2, -0.15) is 13.2 Å². The maximum atomic E-state index is 13.0. The summed E-state index contributed by atoms with van der Waals surface area (Å²) in [7, 11) is 0. The minimum atomic E-state index is -4.60. The zero-order valence-electron chi connectivity index (χ0n) is 10.8. The van der Waals surface area contributed by atoms with Crippen LogP contribution in [0, 0.1) is 0 Å². The van der Waals surface area contributed by atoms with Crippen LogP contribution in [0.4, 0.5) is 18.9 Å². The molecule has 0 aromatic carbocycles. The fourth-order valence-corrected chi connectivity index (χ4v) is 3.05. The lowest BCUT2D eigenvalue weighted by molar-refractivity contribution is -0.180. The Morgan fingerprint density at radius 2 is 1.90 bits per heavy atom. The number of carbonyl (C=O) groups excluding carboxylic acids is 1. The summed E-state index contributed by atoms with van der Waals surface area (Å²) in [5.74, 6) is -0.728. The van der Waals surface area contributed by atoms with Crippen LogP contribution < -0.4 is 10.6 Å². The predicted molar refractivity (Wildman–Crippen MR) is 73.1 cm³/mol. The highest BCUT2D eigenvalue weighted by molar-refractivity contribution is 7.18. The van der Waals surface area contributed by atoms with Crippen LogP contribution in [0.2, 0.25) is 0 Å². The Morgan fingerprint density at radius 1 is 1.24 bits per heavy atom. The van der Waals surface area contributed by atoms with E-state index < -0.39 is 17.7 Å². The Hall–Kier alpha value is -2.09. The van der Waals surface area contributed by atoms with Crippen molar-refractivity contribution in [2.45, 2.75) is 18.8 Å². The number of fused-ring (bicyclic) bond motifs is 1. The fourth-order valence-electron chi connectivity index (χ4n) is 2.04. The smallest absolute Gasteiger partial charge is 0.354 e. The van der Waals surface area contributed by atoms with E-state index in [0.29, 0.717) is 4.88 Å². The van der Waals surface area contributed by atoms with Crippen molar-refractivity contribution >= 4 is 22.9 Å². The highest BCUT2D eigenvalue weighted by Crippen LogP contribution is 2.41. The fraction of sp³-hybridized carbons (Fsp3) is 0.231. The normalized spacial score (nSPS) is 21.4. The third-order valence-electron chi connectivity index (χ3n) is 3.22. The largest absolute Gasteiger partial charge is 0.429 e. The molecule has 0 saturated carbocycles. The molecule has 2 N–H and O–H groups in total. The minimum Gasteiger partial charge on any atom is -0.354 e.